The summed E-state index contributed by atoms with van der Waals surface area (Å²) >= 11 is 1.66. The van der Waals surface area contributed by atoms with Crippen molar-refractivity contribution < 1.29 is 9.53 Å². The van der Waals surface area contributed by atoms with Gasteiger partial charge in [-0.1, -0.05) is 29.5 Å². The molecule has 2 aromatic carbocycles. The zero-order valence-corrected chi connectivity index (χ0v) is 17.1. The molecule has 7 heteroatoms. The average Bonchev–Trinajstić information content (AvgIpc) is 3.23. The van der Waals surface area contributed by atoms with Gasteiger partial charge in [-0.3, -0.25) is 4.79 Å². The van der Waals surface area contributed by atoms with E-state index in [0.29, 0.717) is 0 Å². The molecule has 2 saturated heterocycles. The quantitative estimate of drug-likeness (QED) is 0.667. The summed E-state index contributed by atoms with van der Waals surface area (Å²) in [7, 11) is 0. The Morgan fingerprint density at radius 1 is 0.897 bits per heavy atom. The number of fused-ring (bicyclic) bond motifs is 1. The molecule has 3 aromatic rings. The van der Waals surface area contributed by atoms with Gasteiger partial charge in [-0.2, -0.15) is 0 Å². The van der Waals surface area contributed by atoms with Crippen LogP contribution in [0.2, 0.25) is 0 Å². The van der Waals surface area contributed by atoms with Crippen molar-refractivity contribution in [3.63, 3.8) is 0 Å². The minimum Gasteiger partial charge on any atom is -0.378 e. The summed E-state index contributed by atoms with van der Waals surface area (Å²) in [6.45, 7) is 6.44. The zero-order valence-electron chi connectivity index (χ0n) is 16.3. The Morgan fingerprint density at radius 2 is 1.66 bits per heavy atom. The fourth-order valence-corrected chi connectivity index (χ4v) is 4.98. The largest absolute Gasteiger partial charge is 0.378 e. The minimum atomic E-state index is 0.112. The Balaban J connectivity index is 1.28. The molecule has 0 spiro atoms. The van der Waals surface area contributed by atoms with Gasteiger partial charge in [-0.05, 0) is 30.3 Å². The van der Waals surface area contributed by atoms with Gasteiger partial charge >= 0.3 is 0 Å². The molecule has 3 heterocycles. The van der Waals surface area contributed by atoms with E-state index in [1.165, 1.54) is 5.69 Å². The number of anilines is 2. The van der Waals surface area contributed by atoms with Crippen LogP contribution in [0.15, 0.2) is 48.5 Å². The van der Waals surface area contributed by atoms with Crippen LogP contribution in [-0.4, -0.2) is 68.3 Å². The number of benzene rings is 2. The number of carbonyl (C=O) groups excluding carboxylic acids is 1. The number of hydrogen-bond acceptors (Lipinski definition) is 6. The lowest BCUT2D eigenvalue weighted by Crippen LogP contribution is -2.48. The normalized spacial score (nSPS) is 17.7. The first-order chi connectivity index (χ1) is 14.3. The second-order valence-corrected chi connectivity index (χ2v) is 8.40. The van der Waals surface area contributed by atoms with Crippen LogP contribution in [0.25, 0.3) is 10.2 Å². The summed E-state index contributed by atoms with van der Waals surface area (Å²) in [6, 6.07) is 16.3. The van der Waals surface area contributed by atoms with Gasteiger partial charge in [-0.25, -0.2) is 4.98 Å². The summed E-state index contributed by atoms with van der Waals surface area (Å²) in [5.74, 6) is 0.112. The van der Waals surface area contributed by atoms with Crippen molar-refractivity contribution in [3.8, 4) is 0 Å². The fraction of sp³-hybridized carbons (Fsp3) is 0.364. The second kappa shape index (κ2) is 8.00. The van der Waals surface area contributed by atoms with E-state index in [2.05, 4.69) is 34.1 Å². The van der Waals surface area contributed by atoms with E-state index < -0.39 is 0 Å². The number of ether oxygens (including phenoxy) is 1. The van der Waals surface area contributed by atoms with Crippen LogP contribution in [0.5, 0.6) is 0 Å². The number of rotatable bonds is 3. The minimum absolute atomic E-state index is 0.112. The molecule has 5 rings (SSSR count). The highest BCUT2D eigenvalue weighted by Crippen LogP contribution is 2.30. The molecule has 0 unspecified atom stereocenters. The van der Waals surface area contributed by atoms with Crippen LogP contribution >= 0.6 is 11.3 Å². The second-order valence-electron chi connectivity index (χ2n) is 7.39. The third-order valence-corrected chi connectivity index (χ3v) is 6.67. The molecule has 1 amide bonds. The number of nitrogens with zero attached hydrogens (tertiary/aromatic N) is 4. The summed E-state index contributed by atoms with van der Waals surface area (Å²) in [5.41, 5.74) is 2.94. The lowest BCUT2D eigenvalue weighted by atomic mass is 10.1. The lowest BCUT2D eigenvalue weighted by Gasteiger charge is -2.36. The van der Waals surface area contributed by atoms with E-state index in [-0.39, 0.29) is 5.91 Å². The first-order valence-corrected chi connectivity index (χ1v) is 10.9. The van der Waals surface area contributed by atoms with Crippen molar-refractivity contribution >= 4 is 38.3 Å². The van der Waals surface area contributed by atoms with Gasteiger partial charge in [0, 0.05) is 50.5 Å². The molecule has 1 aromatic heterocycles. The molecule has 2 aliphatic heterocycles. The summed E-state index contributed by atoms with van der Waals surface area (Å²) < 4.78 is 6.50. The Labute approximate surface area is 174 Å². The maximum atomic E-state index is 13.1. The number of morpholine rings is 1. The highest BCUT2D eigenvalue weighted by Gasteiger charge is 2.23. The molecular weight excluding hydrogens is 384 g/mol. The van der Waals surface area contributed by atoms with Crippen molar-refractivity contribution in [2.24, 2.45) is 0 Å². The highest BCUT2D eigenvalue weighted by molar-refractivity contribution is 7.22. The van der Waals surface area contributed by atoms with Crippen LogP contribution in [0.4, 0.5) is 10.8 Å². The van der Waals surface area contributed by atoms with E-state index in [9.17, 15) is 4.79 Å². The predicted molar refractivity (Wildman–Crippen MR) is 117 cm³/mol. The van der Waals surface area contributed by atoms with Gasteiger partial charge in [0.25, 0.3) is 5.91 Å². The molecule has 0 radical (unpaired) electrons. The number of aromatic nitrogens is 1. The molecular formula is C22H24N4O2S. The monoisotopic (exact) mass is 408 g/mol. The number of thiazole rings is 1. The number of piperazine rings is 1. The zero-order chi connectivity index (χ0) is 19.6. The molecule has 2 fully saturated rings. The highest BCUT2D eigenvalue weighted by atomic mass is 32.1. The van der Waals surface area contributed by atoms with Crippen molar-refractivity contribution in [2.75, 3.05) is 62.3 Å². The Kier molecular flexibility index (Phi) is 5.08. The molecule has 150 valence electrons. The topological polar surface area (TPSA) is 48.9 Å². The third kappa shape index (κ3) is 3.80. The van der Waals surface area contributed by atoms with E-state index in [0.717, 1.165) is 73.4 Å². The Bertz CT molecular complexity index is 992. The first kappa shape index (κ1) is 18.4. The number of amides is 1. The smallest absolute Gasteiger partial charge is 0.254 e. The number of carbonyl (C=O) groups is 1. The Morgan fingerprint density at radius 3 is 2.41 bits per heavy atom. The van der Waals surface area contributed by atoms with Crippen LogP contribution in [-0.2, 0) is 4.74 Å². The van der Waals surface area contributed by atoms with Gasteiger partial charge < -0.3 is 19.4 Å². The molecule has 0 atom stereocenters. The third-order valence-electron chi connectivity index (χ3n) is 5.59. The Hall–Kier alpha value is -2.64. The van der Waals surface area contributed by atoms with Crippen molar-refractivity contribution in [2.45, 2.75) is 0 Å². The molecule has 0 N–H and O–H groups in total. The van der Waals surface area contributed by atoms with Crippen molar-refractivity contribution in [1.29, 1.82) is 0 Å². The van der Waals surface area contributed by atoms with Gasteiger partial charge in [0.2, 0.25) is 0 Å². The van der Waals surface area contributed by atoms with E-state index in [1.807, 2.05) is 29.2 Å². The molecule has 6 nitrogen and oxygen atoms in total. The molecule has 0 aliphatic carbocycles. The van der Waals surface area contributed by atoms with Gasteiger partial charge in [0.15, 0.2) is 5.13 Å². The number of para-hydroxylation sites is 1. The van der Waals surface area contributed by atoms with Crippen molar-refractivity contribution in [3.05, 3.63) is 54.1 Å². The standard InChI is InChI=1S/C22H24N4O2S/c27-21(25-10-8-24(9-11-25)18-4-2-1-3-5-18)17-6-7-19-20(16-17)29-22(23-19)26-12-14-28-15-13-26/h1-7,16H,8-15H2. The number of hydrogen-bond donors (Lipinski definition) is 0. The SMILES string of the molecule is O=C(c1ccc2nc(N3CCOCC3)sc2c1)N1CCN(c2ccccc2)CC1. The van der Waals surface area contributed by atoms with E-state index >= 15 is 0 Å². The van der Waals surface area contributed by atoms with Crippen LogP contribution in [0.3, 0.4) is 0 Å². The average molecular weight is 409 g/mol. The first-order valence-electron chi connectivity index (χ1n) is 10.1. The van der Waals surface area contributed by atoms with Crippen LogP contribution in [0, 0.1) is 0 Å². The summed E-state index contributed by atoms with van der Waals surface area (Å²) in [5, 5.41) is 1.02. The van der Waals surface area contributed by atoms with Crippen LogP contribution in [0.1, 0.15) is 10.4 Å². The molecule has 0 saturated carbocycles. The maximum absolute atomic E-state index is 13.1. The van der Waals surface area contributed by atoms with Gasteiger partial charge in [0.05, 0.1) is 23.4 Å². The van der Waals surface area contributed by atoms with Crippen LogP contribution < -0.4 is 9.80 Å². The van der Waals surface area contributed by atoms with E-state index in [1.54, 1.807) is 11.3 Å². The fourth-order valence-electron chi connectivity index (χ4n) is 3.92. The lowest BCUT2D eigenvalue weighted by molar-refractivity contribution is 0.0747. The van der Waals surface area contributed by atoms with Gasteiger partial charge in [0.1, 0.15) is 0 Å². The molecule has 0 bridgehead atoms. The molecule has 29 heavy (non-hydrogen) atoms. The van der Waals surface area contributed by atoms with E-state index in [4.69, 9.17) is 9.72 Å². The van der Waals surface area contributed by atoms with Crippen molar-refractivity contribution in [1.82, 2.24) is 9.88 Å². The maximum Gasteiger partial charge on any atom is 0.254 e. The summed E-state index contributed by atoms with van der Waals surface area (Å²) in [4.78, 5) is 24.4. The summed E-state index contributed by atoms with van der Waals surface area (Å²) in [6.07, 6.45) is 0. The predicted octanol–water partition coefficient (Wildman–Crippen LogP) is 3.10. The molecule has 2 aliphatic rings. The van der Waals surface area contributed by atoms with Gasteiger partial charge in [-0.15, -0.1) is 0 Å².